The van der Waals surface area contributed by atoms with Crippen LogP contribution in [-0.4, -0.2) is 18.0 Å². The normalized spacial score (nSPS) is 10.6. The summed E-state index contributed by atoms with van der Waals surface area (Å²) in [6.07, 6.45) is 0.941. The quantitative estimate of drug-likeness (QED) is 0.592. The van der Waals surface area contributed by atoms with E-state index >= 15 is 0 Å². The minimum atomic E-state index is 0.668. The van der Waals surface area contributed by atoms with Crippen molar-refractivity contribution in [3.05, 3.63) is 95.6 Å². The Morgan fingerprint density at radius 2 is 1.54 bits per heavy atom. The predicted molar refractivity (Wildman–Crippen MR) is 112 cm³/mol. The van der Waals surface area contributed by atoms with Gasteiger partial charge in [-0.1, -0.05) is 42.5 Å². The van der Waals surface area contributed by atoms with Crippen LogP contribution in [0.2, 0.25) is 0 Å². The highest BCUT2D eigenvalue weighted by Gasteiger charge is 2.08. The van der Waals surface area contributed by atoms with Gasteiger partial charge in [0.25, 0.3) is 0 Å². The van der Waals surface area contributed by atoms with Crippen LogP contribution in [0.15, 0.2) is 78.9 Å². The van der Waals surface area contributed by atoms with Gasteiger partial charge in [0.05, 0.1) is 11.6 Å². The van der Waals surface area contributed by atoms with Crippen molar-refractivity contribution in [2.45, 2.75) is 19.5 Å². The van der Waals surface area contributed by atoms with Gasteiger partial charge in [-0.2, -0.15) is 5.26 Å². The molecular formula is C24H25N3O. The van der Waals surface area contributed by atoms with Crippen LogP contribution < -0.4 is 10.5 Å². The van der Waals surface area contributed by atoms with E-state index in [1.807, 2.05) is 66.7 Å². The number of hydrogen-bond acceptors (Lipinski definition) is 4. The van der Waals surface area contributed by atoms with Crippen LogP contribution >= 0.6 is 0 Å². The molecule has 2 N–H and O–H groups in total. The van der Waals surface area contributed by atoms with Gasteiger partial charge in [-0.15, -0.1) is 0 Å². The largest absolute Gasteiger partial charge is 0.457 e. The number of ether oxygens (including phenoxy) is 1. The first-order valence-corrected chi connectivity index (χ1v) is 9.50. The summed E-state index contributed by atoms with van der Waals surface area (Å²) in [5.41, 5.74) is 8.79. The zero-order valence-electron chi connectivity index (χ0n) is 15.9. The molecule has 0 atom stereocenters. The first-order valence-electron chi connectivity index (χ1n) is 9.50. The maximum absolute atomic E-state index is 8.97. The molecule has 0 radical (unpaired) electrons. The van der Waals surface area contributed by atoms with Crippen molar-refractivity contribution in [3.63, 3.8) is 0 Å². The number of rotatable bonds is 9. The third kappa shape index (κ3) is 5.95. The van der Waals surface area contributed by atoms with Gasteiger partial charge >= 0.3 is 0 Å². The lowest BCUT2D eigenvalue weighted by Crippen LogP contribution is -2.25. The summed E-state index contributed by atoms with van der Waals surface area (Å²) in [7, 11) is 0. The molecule has 0 saturated heterocycles. The Morgan fingerprint density at radius 1 is 0.821 bits per heavy atom. The van der Waals surface area contributed by atoms with E-state index in [4.69, 9.17) is 15.7 Å². The fourth-order valence-electron chi connectivity index (χ4n) is 3.06. The lowest BCUT2D eigenvalue weighted by molar-refractivity contribution is 0.255. The fraction of sp³-hybridized carbons (Fsp3) is 0.208. The maximum Gasteiger partial charge on any atom is 0.127 e. The van der Waals surface area contributed by atoms with Gasteiger partial charge < -0.3 is 10.5 Å². The summed E-state index contributed by atoms with van der Waals surface area (Å²) in [5.74, 6) is 1.66. The number of para-hydroxylation sites is 1. The zero-order chi connectivity index (χ0) is 19.6. The molecule has 142 valence electrons. The molecule has 0 aliphatic carbocycles. The summed E-state index contributed by atoms with van der Waals surface area (Å²) in [5, 5.41) is 8.97. The zero-order valence-corrected chi connectivity index (χ0v) is 15.9. The maximum atomic E-state index is 8.97. The molecule has 0 saturated carbocycles. The van der Waals surface area contributed by atoms with Crippen molar-refractivity contribution < 1.29 is 4.74 Å². The van der Waals surface area contributed by atoms with Gasteiger partial charge in [0.15, 0.2) is 0 Å². The topological polar surface area (TPSA) is 62.3 Å². The van der Waals surface area contributed by atoms with E-state index < -0.39 is 0 Å². The number of hydrogen-bond donors (Lipinski definition) is 1. The van der Waals surface area contributed by atoms with Gasteiger partial charge in [0.2, 0.25) is 0 Å². The van der Waals surface area contributed by atoms with Crippen LogP contribution in [0.3, 0.4) is 0 Å². The standard InChI is InChI=1S/C24H25N3O/c25-14-5-15-27(18-21-12-10-20(17-26)11-13-21)19-22-6-4-9-24(16-22)28-23-7-2-1-3-8-23/h1-4,6-13,16H,5,14-15,18-19,25H2. The summed E-state index contributed by atoms with van der Waals surface area (Å²) >= 11 is 0. The van der Waals surface area contributed by atoms with Crippen molar-refractivity contribution in [1.29, 1.82) is 5.26 Å². The molecule has 0 aliphatic rings. The summed E-state index contributed by atoms with van der Waals surface area (Å²) in [4.78, 5) is 2.37. The van der Waals surface area contributed by atoms with E-state index in [1.165, 1.54) is 11.1 Å². The molecule has 3 aromatic rings. The van der Waals surface area contributed by atoms with Crippen LogP contribution in [0.1, 0.15) is 23.1 Å². The lowest BCUT2D eigenvalue weighted by Gasteiger charge is -2.22. The highest BCUT2D eigenvalue weighted by molar-refractivity contribution is 5.34. The second kappa shape index (κ2) is 10.3. The number of nitrogens with zero attached hydrogens (tertiary/aromatic N) is 2. The second-order valence-electron chi connectivity index (χ2n) is 6.72. The molecule has 0 aliphatic heterocycles. The molecule has 0 amide bonds. The average Bonchev–Trinajstić information content (AvgIpc) is 2.73. The third-order valence-electron chi connectivity index (χ3n) is 4.45. The summed E-state index contributed by atoms with van der Waals surface area (Å²) in [6, 6.07) is 27.9. The first kappa shape index (κ1) is 19.6. The highest BCUT2D eigenvalue weighted by Crippen LogP contribution is 2.23. The van der Waals surface area contributed by atoms with E-state index in [2.05, 4.69) is 23.1 Å². The van der Waals surface area contributed by atoms with Crippen LogP contribution in [0.25, 0.3) is 0 Å². The van der Waals surface area contributed by atoms with Gasteiger partial charge in [-0.3, -0.25) is 4.90 Å². The molecule has 0 bridgehead atoms. The van der Waals surface area contributed by atoms with E-state index in [0.29, 0.717) is 12.1 Å². The lowest BCUT2D eigenvalue weighted by atomic mass is 10.1. The van der Waals surface area contributed by atoms with E-state index in [9.17, 15) is 0 Å². The first-order chi connectivity index (χ1) is 13.8. The number of benzene rings is 3. The molecule has 0 heterocycles. The van der Waals surface area contributed by atoms with E-state index in [1.54, 1.807) is 0 Å². The Balaban J connectivity index is 1.69. The summed E-state index contributed by atoms with van der Waals surface area (Å²) < 4.78 is 5.96. The molecular weight excluding hydrogens is 346 g/mol. The molecule has 0 fully saturated rings. The number of nitrogens with two attached hydrogens (primary N) is 1. The molecule has 28 heavy (non-hydrogen) atoms. The molecule has 3 rings (SSSR count). The fourth-order valence-corrected chi connectivity index (χ4v) is 3.06. The van der Waals surface area contributed by atoms with Crippen LogP contribution in [0, 0.1) is 11.3 Å². The van der Waals surface area contributed by atoms with Crippen molar-refractivity contribution in [2.24, 2.45) is 5.73 Å². The Labute approximate surface area is 166 Å². The van der Waals surface area contributed by atoms with Gasteiger partial charge in [-0.25, -0.2) is 0 Å². The average molecular weight is 371 g/mol. The monoisotopic (exact) mass is 371 g/mol. The van der Waals surface area contributed by atoms with Crippen LogP contribution in [-0.2, 0) is 13.1 Å². The molecule has 4 heteroatoms. The molecule has 0 unspecified atom stereocenters. The Hall–Kier alpha value is -3.13. The predicted octanol–water partition coefficient (Wildman–Crippen LogP) is 4.70. The SMILES string of the molecule is N#Cc1ccc(CN(CCCN)Cc2cccc(Oc3ccccc3)c2)cc1. The molecule has 3 aromatic carbocycles. The molecule has 0 spiro atoms. The molecule has 4 nitrogen and oxygen atoms in total. The smallest absolute Gasteiger partial charge is 0.127 e. The molecule has 0 aromatic heterocycles. The Bertz CT molecular complexity index is 901. The minimum absolute atomic E-state index is 0.668. The van der Waals surface area contributed by atoms with Crippen molar-refractivity contribution in [3.8, 4) is 17.6 Å². The van der Waals surface area contributed by atoms with Crippen LogP contribution in [0.5, 0.6) is 11.5 Å². The van der Waals surface area contributed by atoms with Crippen molar-refractivity contribution >= 4 is 0 Å². The van der Waals surface area contributed by atoms with E-state index in [0.717, 1.165) is 37.6 Å². The Morgan fingerprint density at radius 3 is 2.25 bits per heavy atom. The second-order valence-corrected chi connectivity index (χ2v) is 6.72. The Kier molecular flexibility index (Phi) is 7.20. The van der Waals surface area contributed by atoms with E-state index in [-0.39, 0.29) is 0 Å². The van der Waals surface area contributed by atoms with Gasteiger partial charge in [-0.05, 0) is 60.5 Å². The van der Waals surface area contributed by atoms with Crippen molar-refractivity contribution in [2.75, 3.05) is 13.1 Å². The van der Waals surface area contributed by atoms with Gasteiger partial charge in [0, 0.05) is 19.6 Å². The number of nitriles is 1. The van der Waals surface area contributed by atoms with Gasteiger partial charge in [0.1, 0.15) is 11.5 Å². The van der Waals surface area contributed by atoms with Crippen molar-refractivity contribution in [1.82, 2.24) is 4.90 Å². The highest BCUT2D eigenvalue weighted by atomic mass is 16.5. The minimum Gasteiger partial charge on any atom is -0.457 e. The van der Waals surface area contributed by atoms with Crippen LogP contribution in [0.4, 0.5) is 0 Å². The third-order valence-corrected chi connectivity index (χ3v) is 4.45. The summed E-state index contributed by atoms with van der Waals surface area (Å²) in [6.45, 7) is 3.21.